The van der Waals surface area contributed by atoms with Crippen LogP contribution in [0.5, 0.6) is 0 Å². The number of hydrogen-bond acceptors (Lipinski definition) is 1. The number of aryl methyl sites for hydroxylation is 1. The van der Waals surface area contributed by atoms with Crippen molar-refractivity contribution in [2.75, 3.05) is 5.32 Å². The van der Waals surface area contributed by atoms with Gasteiger partial charge < -0.3 is 5.32 Å². The lowest BCUT2D eigenvalue weighted by molar-refractivity contribution is 0.374. The number of anilines is 1. The molecule has 3 rings (SSSR count). The van der Waals surface area contributed by atoms with E-state index in [2.05, 4.69) is 11.4 Å². The summed E-state index contributed by atoms with van der Waals surface area (Å²) in [7, 11) is 0. The summed E-state index contributed by atoms with van der Waals surface area (Å²) in [4.78, 5) is 0. The van der Waals surface area contributed by atoms with Crippen LogP contribution in [0.1, 0.15) is 29.9 Å². The van der Waals surface area contributed by atoms with E-state index >= 15 is 0 Å². The second kappa shape index (κ2) is 5.45. The van der Waals surface area contributed by atoms with Gasteiger partial charge in [-0.05, 0) is 55.0 Å². The van der Waals surface area contributed by atoms with Gasteiger partial charge in [-0.3, -0.25) is 0 Å². The Balaban J connectivity index is 1.64. The molecule has 1 aliphatic carbocycles. The molecule has 0 radical (unpaired) electrons. The Kier molecular flexibility index (Phi) is 3.66. The van der Waals surface area contributed by atoms with Gasteiger partial charge in [0.1, 0.15) is 5.82 Å². The summed E-state index contributed by atoms with van der Waals surface area (Å²) in [6, 6.07) is 13.3. The minimum Gasteiger partial charge on any atom is -0.382 e. The highest BCUT2D eigenvalue weighted by Crippen LogP contribution is 2.41. The van der Waals surface area contributed by atoms with E-state index in [1.54, 1.807) is 6.07 Å². The van der Waals surface area contributed by atoms with Crippen LogP contribution in [0.3, 0.4) is 0 Å². The van der Waals surface area contributed by atoms with Crippen molar-refractivity contribution in [2.45, 2.75) is 31.7 Å². The second-order valence-corrected chi connectivity index (χ2v) is 5.90. The van der Waals surface area contributed by atoms with Gasteiger partial charge in [0.15, 0.2) is 0 Å². The molecule has 20 heavy (non-hydrogen) atoms. The molecule has 0 aromatic heterocycles. The second-order valence-electron chi connectivity index (χ2n) is 5.49. The molecular formula is C17H17ClFN. The summed E-state index contributed by atoms with van der Waals surface area (Å²) in [6.45, 7) is 1.99. The summed E-state index contributed by atoms with van der Waals surface area (Å²) in [5, 5.41) is 4.27. The highest BCUT2D eigenvalue weighted by atomic mass is 35.5. The van der Waals surface area contributed by atoms with Gasteiger partial charge in [-0.25, -0.2) is 4.39 Å². The average Bonchev–Trinajstić information content (AvgIpc) is 2.38. The molecule has 0 spiro atoms. The van der Waals surface area contributed by atoms with Crippen molar-refractivity contribution in [1.82, 2.24) is 0 Å². The largest absolute Gasteiger partial charge is 0.382 e. The summed E-state index contributed by atoms with van der Waals surface area (Å²) >= 11 is 6.22. The van der Waals surface area contributed by atoms with E-state index in [4.69, 9.17) is 11.6 Å². The molecule has 0 saturated heterocycles. The molecular weight excluding hydrogens is 273 g/mol. The fourth-order valence-corrected chi connectivity index (χ4v) is 3.06. The minimum atomic E-state index is -0.194. The molecule has 0 bridgehead atoms. The third-order valence-electron chi connectivity index (χ3n) is 4.04. The van der Waals surface area contributed by atoms with Crippen molar-refractivity contribution in [3.63, 3.8) is 0 Å². The number of hydrogen-bond donors (Lipinski definition) is 1. The van der Waals surface area contributed by atoms with Gasteiger partial charge in [0, 0.05) is 16.8 Å². The smallest absolute Gasteiger partial charge is 0.125 e. The van der Waals surface area contributed by atoms with Gasteiger partial charge in [0.2, 0.25) is 0 Å². The Morgan fingerprint density at radius 1 is 1.15 bits per heavy atom. The van der Waals surface area contributed by atoms with E-state index < -0.39 is 0 Å². The Morgan fingerprint density at radius 3 is 2.65 bits per heavy atom. The van der Waals surface area contributed by atoms with Crippen LogP contribution in [0.2, 0.25) is 5.02 Å². The standard InChI is InChI=1S/C17H17ClFN/c1-11-6-7-13(19)10-17(11)20-14-8-12(9-14)15-4-2-3-5-16(15)18/h2-7,10,12,14,20H,8-9H2,1H3. The lowest BCUT2D eigenvalue weighted by atomic mass is 9.75. The van der Waals surface area contributed by atoms with E-state index in [1.165, 1.54) is 11.6 Å². The molecule has 3 heteroatoms. The molecule has 1 nitrogen and oxygen atoms in total. The van der Waals surface area contributed by atoms with Gasteiger partial charge in [-0.2, -0.15) is 0 Å². The molecule has 1 N–H and O–H groups in total. The van der Waals surface area contributed by atoms with Crippen molar-refractivity contribution in [3.8, 4) is 0 Å². The van der Waals surface area contributed by atoms with Crippen molar-refractivity contribution in [2.24, 2.45) is 0 Å². The number of nitrogens with one attached hydrogen (secondary N) is 1. The van der Waals surface area contributed by atoms with E-state index in [9.17, 15) is 4.39 Å². The van der Waals surface area contributed by atoms with Crippen molar-refractivity contribution >= 4 is 17.3 Å². The van der Waals surface area contributed by atoms with E-state index in [-0.39, 0.29) is 5.82 Å². The Labute approximate surface area is 123 Å². The molecule has 0 amide bonds. The summed E-state index contributed by atoms with van der Waals surface area (Å²) in [5.41, 5.74) is 3.20. The minimum absolute atomic E-state index is 0.194. The van der Waals surface area contributed by atoms with E-state index in [1.807, 2.05) is 31.2 Å². The van der Waals surface area contributed by atoms with Crippen LogP contribution < -0.4 is 5.32 Å². The summed E-state index contributed by atoms with van der Waals surface area (Å²) < 4.78 is 13.3. The fraction of sp³-hybridized carbons (Fsp3) is 0.294. The Bertz CT molecular complexity index is 620. The third-order valence-corrected chi connectivity index (χ3v) is 4.39. The van der Waals surface area contributed by atoms with Crippen LogP contribution in [0.25, 0.3) is 0 Å². The predicted molar refractivity (Wildman–Crippen MR) is 82.0 cm³/mol. The zero-order valence-electron chi connectivity index (χ0n) is 11.4. The molecule has 0 heterocycles. The molecule has 1 aliphatic rings. The first-order chi connectivity index (χ1) is 9.63. The topological polar surface area (TPSA) is 12.0 Å². The first-order valence-electron chi connectivity index (χ1n) is 6.90. The molecule has 104 valence electrons. The quantitative estimate of drug-likeness (QED) is 0.824. The van der Waals surface area contributed by atoms with Crippen molar-refractivity contribution in [3.05, 3.63) is 64.4 Å². The average molecular weight is 290 g/mol. The first kappa shape index (κ1) is 13.4. The van der Waals surface area contributed by atoms with Gasteiger partial charge in [-0.1, -0.05) is 35.9 Å². The van der Waals surface area contributed by atoms with Crippen LogP contribution in [-0.2, 0) is 0 Å². The van der Waals surface area contributed by atoms with Gasteiger partial charge >= 0.3 is 0 Å². The van der Waals surface area contributed by atoms with Gasteiger partial charge in [0.05, 0.1) is 0 Å². The monoisotopic (exact) mass is 289 g/mol. The summed E-state index contributed by atoms with van der Waals surface area (Å²) in [5.74, 6) is 0.315. The fourth-order valence-electron chi connectivity index (χ4n) is 2.77. The molecule has 1 saturated carbocycles. The zero-order valence-corrected chi connectivity index (χ0v) is 12.1. The highest BCUT2D eigenvalue weighted by Gasteiger charge is 2.31. The first-order valence-corrected chi connectivity index (χ1v) is 7.28. The lowest BCUT2D eigenvalue weighted by Crippen LogP contribution is -2.34. The molecule has 0 atom stereocenters. The molecule has 1 fully saturated rings. The van der Waals surface area contributed by atoms with Gasteiger partial charge in [-0.15, -0.1) is 0 Å². The molecule has 2 aromatic carbocycles. The SMILES string of the molecule is Cc1ccc(F)cc1NC1CC(c2ccccc2Cl)C1. The third kappa shape index (κ3) is 2.66. The number of rotatable bonds is 3. The van der Waals surface area contributed by atoms with E-state index in [0.717, 1.165) is 29.1 Å². The highest BCUT2D eigenvalue weighted by molar-refractivity contribution is 6.31. The normalized spacial score (nSPS) is 21.4. The molecule has 2 aromatic rings. The Morgan fingerprint density at radius 2 is 1.90 bits per heavy atom. The van der Waals surface area contributed by atoms with E-state index in [0.29, 0.717) is 12.0 Å². The zero-order chi connectivity index (χ0) is 14.1. The van der Waals surface area contributed by atoms with Crippen LogP contribution in [-0.4, -0.2) is 6.04 Å². The molecule has 0 aliphatic heterocycles. The number of benzene rings is 2. The van der Waals surface area contributed by atoms with Crippen molar-refractivity contribution in [1.29, 1.82) is 0 Å². The maximum absolute atomic E-state index is 13.3. The predicted octanol–water partition coefficient (Wildman–Crippen LogP) is 5.15. The molecule has 0 unspecified atom stereocenters. The van der Waals surface area contributed by atoms with Crippen LogP contribution in [0.15, 0.2) is 42.5 Å². The maximum atomic E-state index is 13.3. The van der Waals surface area contributed by atoms with Crippen LogP contribution in [0, 0.1) is 12.7 Å². The van der Waals surface area contributed by atoms with Crippen molar-refractivity contribution < 1.29 is 4.39 Å². The summed E-state index contributed by atoms with van der Waals surface area (Å²) in [6.07, 6.45) is 2.08. The lowest BCUT2D eigenvalue weighted by Gasteiger charge is -2.37. The Hall–Kier alpha value is -1.54. The van der Waals surface area contributed by atoms with Gasteiger partial charge in [0.25, 0.3) is 0 Å². The van der Waals surface area contributed by atoms with Crippen LogP contribution >= 0.6 is 11.6 Å². The maximum Gasteiger partial charge on any atom is 0.125 e. The number of halogens is 2. The van der Waals surface area contributed by atoms with Crippen LogP contribution in [0.4, 0.5) is 10.1 Å².